The number of amides is 1. The molecule has 0 heterocycles. The van der Waals surface area contributed by atoms with Crippen molar-refractivity contribution in [2.24, 2.45) is 5.73 Å². The molecule has 0 saturated carbocycles. The summed E-state index contributed by atoms with van der Waals surface area (Å²) in [5, 5.41) is 12.0. The number of phenolic OH excluding ortho intramolecular Hbond substituents is 1. The van der Waals surface area contributed by atoms with Crippen LogP contribution in [0.4, 0.5) is 5.69 Å². The van der Waals surface area contributed by atoms with Crippen LogP contribution in [0.25, 0.3) is 0 Å². The first-order valence-corrected chi connectivity index (χ1v) is 5.29. The van der Waals surface area contributed by atoms with E-state index in [2.05, 4.69) is 21.2 Å². The summed E-state index contributed by atoms with van der Waals surface area (Å²) in [5.74, 6) is -0.916. The van der Waals surface area contributed by atoms with E-state index in [1.54, 1.807) is 0 Å². The molecule has 0 radical (unpaired) electrons. The van der Waals surface area contributed by atoms with Crippen LogP contribution in [0.1, 0.15) is 17.3 Å². The predicted octanol–water partition coefficient (Wildman–Crippen LogP) is 1.25. The van der Waals surface area contributed by atoms with Crippen molar-refractivity contribution in [2.45, 2.75) is 6.92 Å². The first kappa shape index (κ1) is 12.7. The zero-order chi connectivity index (χ0) is 12.3. The van der Waals surface area contributed by atoms with E-state index in [-0.39, 0.29) is 35.2 Å². The molecule has 1 rings (SSSR count). The molecule has 0 aliphatic heterocycles. The topological polar surface area (TPSA) is 92.4 Å². The van der Waals surface area contributed by atoms with E-state index in [4.69, 9.17) is 5.73 Å². The largest absolute Gasteiger partial charge is 0.506 e. The molecule has 0 aliphatic carbocycles. The number of benzene rings is 1. The number of anilines is 1. The van der Waals surface area contributed by atoms with Crippen LogP contribution in [-0.2, 0) is 4.79 Å². The number of nitrogens with two attached hydrogens (primary N) is 1. The molecule has 0 unspecified atom stereocenters. The Bertz CT molecular complexity index is 446. The highest BCUT2D eigenvalue weighted by Crippen LogP contribution is 2.33. The van der Waals surface area contributed by atoms with Gasteiger partial charge in [-0.05, 0) is 28.1 Å². The van der Waals surface area contributed by atoms with E-state index in [0.29, 0.717) is 4.47 Å². The highest BCUT2D eigenvalue weighted by atomic mass is 79.9. The molecule has 4 N–H and O–H groups in total. The lowest BCUT2D eigenvalue weighted by atomic mass is 10.1. The van der Waals surface area contributed by atoms with Gasteiger partial charge in [0.15, 0.2) is 5.78 Å². The molecule has 1 aromatic rings. The zero-order valence-corrected chi connectivity index (χ0v) is 10.2. The standard InChI is InChI=1S/C10H11BrN2O3/c1-5(14)13-10-7(15)3-2-6(11)9(10)8(16)4-12/h2-3,15H,4,12H2,1H3,(H,13,14). The Labute approximate surface area is 101 Å². The molecular weight excluding hydrogens is 276 g/mol. The maximum Gasteiger partial charge on any atom is 0.221 e. The third-order valence-corrected chi connectivity index (χ3v) is 2.56. The van der Waals surface area contributed by atoms with Crippen molar-refractivity contribution in [3.8, 4) is 5.75 Å². The number of aromatic hydroxyl groups is 1. The van der Waals surface area contributed by atoms with E-state index in [1.165, 1.54) is 19.1 Å². The minimum atomic E-state index is -0.375. The molecule has 0 fully saturated rings. The van der Waals surface area contributed by atoms with Gasteiger partial charge in [-0.2, -0.15) is 0 Å². The summed E-state index contributed by atoms with van der Waals surface area (Å²) in [4.78, 5) is 22.5. The second-order valence-electron chi connectivity index (χ2n) is 3.12. The van der Waals surface area contributed by atoms with Gasteiger partial charge in [0, 0.05) is 11.4 Å². The molecule has 1 aromatic carbocycles. The van der Waals surface area contributed by atoms with Crippen molar-refractivity contribution in [3.05, 3.63) is 22.2 Å². The van der Waals surface area contributed by atoms with Gasteiger partial charge in [0.05, 0.1) is 17.8 Å². The number of rotatable bonds is 3. The molecule has 0 saturated heterocycles. The Hall–Kier alpha value is -1.40. The quantitative estimate of drug-likeness (QED) is 0.576. The van der Waals surface area contributed by atoms with Crippen molar-refractivity contribution < 1.29 is 14.7 Å². The molecule has 0 aliphatic rings. The number of halogens is 1. The van der Waals surface area contributed by atoms with Crippen molar-refractivity contribution >= 4 is 33.3 Å². The number of Topliss-reactive ketones (excluding diaryl/α,β-unsaturated/α-hetero) is 1. The fourth-order valence-electron chi connectivity index (χ4n) is 1.24. The molecule has 1 amide bonds. The van der Waals surface area contributed by atoms with Crippen molar-refractivity contribution in [1.29, 1.82) is 0 Å². The van der Waals surface area contributed by atoms with Gasteiger partial charge in [0.2, 0.25) is 5.91 Å². The van der Waals surface area contributed by atoms with Crippen LogP contribution in [-0.4, -0.2) is 23.3 Å². The smallest absolute Gasteiger partial charge is 0.221 e. The number of carbonyl (C=O) groups is 2. The minimum absolute atomic E-state index is 0.0809. The monoisotopic (exact) mass is 286 g/mol. The summed E-state index contributed by atoms with van der Waals surface area (Å²) < 4.78 is 0.476. The highest BCUT2D eigenvalue weighted by Gasteiger charge is 2.18. The first-order valence-electron chi connectivity index (χ1n) is 4.49. The molecular formula is C10H11BrN2O3. The van der Waals surface area contributed by atoms with E-state index in [1.807, 2.05) is 0 Å². The lowest BCUT2D eigenvalue weighted by molar-refractivity contribution is -0.114. The van der Waals surface area contributed by atoms with E-state index < -0.39 is 0 Å². The van der Waals surface area contributed by atoms with Gasteiger partial charge in [-0.25, -0.2) is 0 Å². The number of ketones is 1. The van der Waals surface area contributed by atoms with Crippen LogP contribution in [0.15, 0.2) is 16.6 Å². The normalized spacial score (nSPS) is 9.94. The van der Waals surface area contributed by atoms with Crippen molar-refractivity contribution in [2.75, 3.05) is 11.9 Å². The fourth-order valence-corrected chi connectivity index (χ4v) is 1.80. The molecule has 6 heteroatoms. The van der Waals surface area contributed by atoms with Crippen LogP contribution in [0.3, 0.4) is 0 Å². The third-order valence-electron chi connectivity index (χ3n) is 1.90. The van der Waals surface area contributed by atoms with Gasteiger partial charge < -0.3 is 16.2 Å². The van der Waals surface area contributed by atoms with E-state index in [0.717, 1.165) is 0 Å². The van der Waals surface area contributed by atoms with E-state index >= 15 is 0 Å². The number of carbonyl (C=O) groups excluding carboxylic acids is 2. The van der Waals surface area contributed by atoms with Gasteiger partial charge in [-0.3, -0.25) is 9.59 Å². The highest BCUT2D eigenvalue weighted by molar-refractivity contribution is 9.10. The summed E-state index contributed by atoms with van der Waals surface area (Å²) in [5.41, 5.74) is 5.52. The lowest BCUT2D eigenvalue weighted by Crippen LogP contribution is -2.18. The zero-order valence-electron chi connectivity index (χ0n) is 8.58. The Morgan fingerprint density at radius 2 is 2.12 bits per heavy atom. The van der Waals surface area contributed by atoms with Gasteiger partial charge >= 0.3 is 0 Å². The average Bonchev–Trinajstić information content (AvgIpc) is 2.22. The van der Waals surface area contributed by atoms with Gasteiger partial charge in [-0.1, -0.05) is 0 Å². The molecule has 0 atom stereocenters. The number of hydrogen-bond donors (Lipinski definition) is 3. The van der Waals surface area contributed by atoms with E-state index in [9.17, 15) is 14.7 Å². The molecule has 0 bridgehead atoms. The molecule has 5 nitrogen and oxygen atoms in total. The molecule has 16 heavy (non-hydrogen) atoms. The maximum atomic E-state index is 11.6. The Morgan fingerprint density at radius 3 is 2.62 bits per heavy atom. The van der Waals surface area contributed by atoms with Crippen LogP contribution < -0.4 is 11.1 Å². The summed E-state index contributed by atoms with van der Waals surface area (Å²) >= 11 is 3.17. The Kier molecular flexibility index (Phi) is 4.03. The second kappa shape index (κ2) is 5.09. The van der Waals surface area contributed by atoms with Gasteiger partial charge in [0.25, 0.3) is 0 Å². The van der Waals surface area contributed by atoms with Crippen molar-refractivity contribution in [1.82, 2.24) is 0 Å². The Morgan fingerprint density at radius 1 is 1.50 bits per heavy atom. The maximum absolute atomic E-state index is 11.6. The number of nitrogens with one attached hydrogen (secondary N) is 1. The van der Waals surface area contributed by atoms with Crippen LogP contribution >= 0.6 is 15.9 Å². The number of phenols is 1. The van der Waals surface area contributed by atoms with Crippen LogP contribution in [0.2, 0.25) is 0 Å². The summed E-state index contributed by atoms with van der Waals surface area (Å²) in [6.45, 7) is 1.09. The summed E-state index contributed by atoms with van der Waals surface area (Å²) in [7, 11) is 0. The van der Waals surface area contributed by atoms with Crippen molar-refractivity contribution in [3.63, 3.8) is 0 Å². The summed E-state index contributed by atoms with van der Waals surface area (Å²) in [6, 6.07) is 2.90. The van der Waals surface area contributed by atoms with Gasteiger partial charge in [0.1, 0.15) is 5.75 Å². The third kappa shape index (κ3) is 2.59. The first-order chi connectivity index (χ1) is 7.47. The molecule has 0 aromatic heterocycles. The number of hydrogen-bond acceptors (Lipinski definition) is 4. The average molecular weight is 287 g/mol. The predicted molar refractivity (Wildman–Crippen MR) is 63.5 cm³/mol. The molecule has 86 valence electrons. The second-order valence-corrected chi connectivity index (χ2v) is 3.98. The summed E-state index contributed by atoms with van der Waals surface area (Å²) in [6.07, 6.45) is 0. The minimum Gasteiger partial charge on any atom is -0.506 e. The van der Waals surface area contributed by atoms with Crippen LogP contribution in [0, 0.1) is 0 Å². The Balaban J connectivity index is 3.36. The lowest BCUT2D eigenvalue weighted by Gasteiger charge is -2.12. The van der Waals surface area contributed by atoms with Gasteiger partial charge in [-0.15, -0.1) is 0 Å². The van der Waals surface area contributed by atoms with Crippen LogP contribution in [0.5, 0.6) is 5.75 Å². The SMILES string of the molecule is CC(=O)Nc1c(O)ccc(Br)c1C(=O)CN. The fraction of sp³-hybridized carbons (Fsp3) is 0.200. The molecule has 0 spiro atoms.